The molecular formula is C12H18ClNO. The smallest absolute Gasteiger partial charge is 0.120 e. The van der Waals surface area contributed by atoms with E-state index in [9.17, 15) is 0 Å². The van der Waals surface area contributed by atoms with Crippen LogP contribution in [0.2, 0.25) is 5.02 Å². The van der Waals surface area contributed by atoms with Crippen LogP contribution in [-0.2, 0) is 0 Å². The summed E-state index contributed by atoms with van der Waals surface area (Å²) in [5, 5.41) is 4.05. The highest BCUT2D eigenvalue weighted by Crippen LogP contribution is 2.16. The second-order valence-electron chi connectivity index (χ2n) is 3.77. The maximum absolute atomic E-state index is 5.83. The molecule has 1 aromatic carbocycles. The van der Waals surface area contributed by atoms with Gasteiger partial charge in [0.2, 0.25) is 0 Å². The van der Waals surface area contributed by atoms with Crippen LogP contribution < -0.4 is 10.1 Å². The first-order valence-electron chi connectivity index (χ1n) is 5.30. The van der Waals surface area contributed by atoms with Crippen molar-refractivity contribution in [3.8, 4) is 5.75 Å². The van der Waals surface area contributed by atoms with Crippen molar-refractivity contribution in [2.75, 3.05) is 13.2 Å². The molecule has 0 amide bonds. The molecule has 0 aliphatic rings. The Morgan fingerprint density at radius 2 is 2.20 bits per heavy atom. The molecule has 0 saturated carbocycles. The summed E-state index contributed by atoms with van der Waals surface area (Å²) >= 11 is 5.83. The Morgan fingerprint density at radius 3 is 2.87 bits per heavy atom. The molecule has 1 rings (SSSR count). The molecule has 84 valence electrons. The predicted molar refractivity (Wildman–Crippen MR) is 64.7 cm³/mol. The Morgan fingerprint density at radius 1 is 1.40 bits per heavy atom. The first-order valence-corrected chi connectivity index (χ1v) is 5.68. The van der Waals surface area contributed by atoms with E-state index in [1.165, 1.54) is 0 Å². The van der Waals surface area contributed by atoms with Crippen molar-refractivity contribution in [1.29, 1.82) is 0 Å². The summed E-state index contributed by atoms with van der Waals surface area (Å²) in [6, 6.07) is 8.02. The first kappa shape index (κ1) is 12.3. The molecule has 15 heavy (non-hydrogen) atoms. The maximum Gasteiger partial charge on any atom is 0.120 e. The van der Waals surface area contributed by atoms with Crippen LogP contribution in [0.25, 0.3) is 0 Å². The third-order valence-electron chi connectivity index (χ3n) is 1.94. The van der Waals surface area contributed by atoms with Crippen LogP contribution in [-0.4, -0.2) is 19.2 Å². The Hall–Kier alpha value is -0.730. The minimum atomic E-state index is 0.538. The molecule has 0 aliphatic heterocycles. The van der Waals surface area contributed by atoms with Gasteiger partial charge >= 0.3 is 0 Å². The molecule has 1 aromatic rings. The number of halogens is 1. The summed E-state index contributed by atoms with van der Waals surface area (Å²) in [6.07, 6.45) is 1.00. The summed E-state index contributed by atoms with van der Waals surface area (Å²) < 4.78 is 5.54. The lowest BCUT2D eigenvalue weighted by atomic mass is 10.3. The van der Waals surface area contributed by atoms with Crippen LogP contribution in [0, 0.1) is 0 Å². The Bertz CT molecular complexity index is 289. The molecule has 1 N–H and O–H groups in total. The van der Waals surface area contributed by atoms with Gasteiger partial charge in [-0.05, 0) is 31.2 Å². The Balaban J connectivity index is 2.15. The zero-order valence-corrected chi connectivity index (χ0v) is 10.1. The van der Waals surface area contributed by atoms with Gasteiger partial charge < -0.3 is 10.1 Å². The Kier molecular flexibility index (Phi) is 5.51. The third-order valence-corrected chi connectivity index (χ3v) is 2.17. The highest BCUT2D eigenvalue weighted by Gasteiger charge is 1.95. The van der Waals surface area contributed by atoms with E-state index in [-0.39, 0.29) is 0 Å². The highest BCUT2D eigenvalue weighted by atomic mass is 35.5. The topological polar surface area (TPSA) is 21.3 Å². The number of nitrogens with one attached hydrogen (secondary N) is 1. The molecule has 0 heterocycles. The van der Waals surface area contributed by atoms with Gasteiger partial charge in [0, 0.05) is 11.1 Å². The molecule has 0 bridgehead atoms. The molecule has 0 saturated heterocycles. The second kappa shape index (κ2) is 6.70. The molecule has 3 heteroatoms. The fourth-order valence-electron chi connectivity index (χ4n) is 1.21. The molecule has 0 atom stereocenters. The zero-order chi connectivity index (χ0) is 11.1. The van der Waals surface area contributed by atoms with Crippen molar-refractivity contribution >= 4 is 11.6 Å². The van der Waals surface area contributed by atoms with Gasteiger partial charge in [-0.2, -0.15) is 0 Å². The number of rotatable bonds is 6. The minimum Gasteiger partial charge on any atom is -0.493 e. The predicted octanol–water partition coefficient (Wildman–Crippen LogP) is 3.11. The molecule has 0 fully saturated rings. The van der Waals surface area contributed by atoms with Gasteiger partial charge in [0.05, 0.1) is 6.61 Å². The summed E-state index contributed by atoms with van der Waals surface area (Å²) in [7, 11) is 0. The van der Waals surface area contributed by atoms with Crippen LogP contribution in [0.5, 0.6) is 5.75 Å². The summed E-state index contributed by atoms with van der Waals surface area (Å²) in [4.78, 5) is 0. The van der Waals surface area contributed by atoms with E-state index >= 15 is 0 Å². The lowest BCUT2D eigenvalue weighted by molar-refractivity contribution is 0.306. The van der Waals surface area contributed by atoms with E-state index in [2.05, 4.69) is 19.2 Å². The third kappa shape index (κ3) is 5.65. The van der Waals surface area contributed by atoms with Crippen molar-refractivity contribution in [2.45, 2.75) is 26.3 Å². The van der Waals surface area contributed by atoms with Crippen molar-refractivity contribution in [1.82, 2.24) is 5.32 Å². The fourth-order valence-corrected chi connectivity index (χ4v) is 1.39. The highest BCUT2D eigenvalue weighted by molar-refractivity contribution is 6.30. The average Bonchev–Trinajstić information content (AvgIpc) is 2.17. The number of hydrogen-bond acceptors (Lipinski definition) is 2. The average molecular weight is 228 g/mol. The van der Waals surface area contributed by atoms with Crippen LogP contribution in [0.4, 0.5) is 0 Å². The van der Waals surface area contributed by atoms with E-state index in [4.69, 9.17) is 16.3 Å². The monoisotopic (exact) mass is 227 g/mol. The molecule has 0 aliphatic carbocycles. The SMILES string of the molecule is CC(C)NCCCOc1cccc(Cl)c1. The van der Waals surface area contributed by atoms with E-state index in [0.717, 1.165) is 25.3 Å². The van der Waals surface area contributed by atoms with Crippen molar-refractivity contribution in [2.24, 2.45) is 0 Å². The quantitative estimate of drug-likeness (QED) is 0.755. The van der Waals surface area contributed by atoms with E-state index in [1.807, 2.05) is 24.3 Å². The van der Waals surface area contributed by atoms with E-state index in [0.29, 0.717) is 11.1 Å². The van der Waals surface area contributed by atoms with Gasteiger partial charge in [-0.25, -0.2) is 0 Å². The second-order valence-corrected chi connectivity index (χ2v) is 4.20. The maximum atomic E-state index is 5.83. The number of benzene rings is 1. The number of hydrogen-bond donors (Lipinski definition) is 1. The van der Waals surface area contributed by atoms with Gasteiger partial charge in [-0.3, -0.25) is 0 Å². The van der Waals surface area contributed by atoms with E-state index < -0.39 is 0 Å². The van der Waals surface area contributed by atoms with Gasteiger partial charge in [0.25, 0.3) is 0 Å². The van der Waals surface area contributed by atoms with E-state index in [1.54, 1.807) is 0 Å². The first-order chi connectivity index (χ1) is 7.18. The van der Waals surface area contributed by atoms with Crippen LogP contribution in [0.15, 0.2) is 24.3 Å². The molecular weight excluding hydrogens is 210 g/mol. The van der Waals surface area contributed by atoms with Crippen LogP contribution in [0.3, 0.4) is 0 Å². The fraction of sp³-hybridized carbons (Fsp3) is 0.500. The van der Waals surface area contributed by atoms with Crippen LogP contribution in [0.1, 0.15) is 20.3 Å². The lowest BCUT2D eigenvalue weighted by Gasteiger charge is -2.09. The lowest BCUT2D eigenvalue weighted by Crippen LogP contribution is -2.24. The largest absolute Gasteiger partial charge is 0.493 e. The van der Waals surface area contributed by atoms with Gasteiger partial charge in [-0.15, -0.1) is 0 Å². The van der Waals surface area contributed by atoms with Gasteiger partial charge in [0.1, 0.15) is 5.75 Å². The molecule has 0 spiro atoms. The molecule has 0 radical (unpaired) electrons. The normalized spacial score (nSPS) is 10.7. The van der Waals surface area contributed by atoms with Gasteiger partial charge in [-0.1, -0.05) is 31.5 Å². The summed E-state index contributed by atoms with van der Waals surface area (Å²) in [5.41, 5.74) is 0. The molecule has 0 unspecified atom stereocenters. The molecule has 2 nitrogen and oxygen atoms in total. The molecule has 0 aromatic heterocycles. The van der Waals surface area contributed by atoms with Gasteiger partial charge in [0.15, 0.2) is 0 Å². The van der Waals surface area contributed by atoms with Crippen molar-refractivity contribution < 1.29 is 4.74 Å². The van der Waals surface area contributed by atoms with Crippen molar-refractivity contribution in [3.05, 3.63) is 29.3 Å². The summed E-state index contributed by atoms with van der Waals surface area (Å²) in [6.45, 7) is 5.98. The van der Waals surface area contributed by atoms with Crippen LogP contribution >= 0.6 is 11.6 Å². The zero-order valence-electron chi connectivity index (χ0n) is 9.29. The standard InChI is InChI=1S/C12H18ClNO/c1-10(2)14-7-4-8-15-12-6-3-5-11(13)9-12/h3,5-6,9-10,14H,4,7-8H2,1-2H3. The number of ether oxygens (including phenoxy) is 1. The van der Waals surface area contributed by atoms with Crippen molar-refractivity contribution in [3.63, 3.8) is 0 Å². The summed E-state index contributed by atoms with van der Waals surface area (Å²) in [5.74, 6) is 0.840. The minimum absolute atomic E-state index is 0.538. The Labute approximate surface area is 96.6 Å².